The van der Waals surface area contributed by atoms with Crippen molar-refractivity contribution in [2.45, 2.75) is 51.1 Å². The van der Waals surface area contributed by atoms with E-state index in [-0.39, 0.29) is 17.5 Å². The van der Waals surface area contributed by atoms with Gasteiger partial charge in [0.2, 0.25) is 5.91 Å². The van der Waals surface area contributed by atoms with Gasteiger partial charge >= 0.3 is 0 Å². The van der Waals surface area contributed by atoms with Crippen LogP contribution >= 0.6 is 0 Å². The summed E-state index contributed by atoms with van der Waals surface area (Å²) in [6, 6.07) is 0.0572. The van der Waals surface area contributed by atoms with Gasteiger partial charge in [0, 0.05) is 25.2 Å². The molecule has 0 aliphatic heterocycles. The Kier molecular flexibility index (Phi) is 7.63. The van der Waals surface area contributed by atoms with Gasteiger partial charge in [0.25, 0.3) is 0 Å². The summed E-state index contributed by atoms with van der Waals surface area (Å²) in [7, 11) is 5.95. The van der Waals surface area contributed by atoms with Gasteiger partial charge in [-0.1, -0.05) is 19.8 Å². The van der Waals surface area contributed by atoms with Crippen molar-refractivity contribution in [3.8, 4) is 0 Å². The molecule has 1 aliphatic rings. The first kappa shape index (κ1) is 18.4. The number of amides is 1. The summed E-state index contributed by atoms with van der Waals surface area (Å²) in [5.41, 5.74) is 0.191. The molecule has 2 N–H and O–H groups in total. The highest BCUT2D eigenvalue weighted by Gasteiger charge is 2.36. The first-order chi connectivity index (χ1) is 9.89. The molecule has 0 bridgehead atoms. The molecule has 0 spiro atoms. The van der Waals surface area contributed by atoms with Crippen LogP contribution in [0.5, 0.6) is 0 Å². The predicted octanol–water partition coefficient (Wildman–Crippen LogP) is 1.24. The molecule has 0 saturated heterocycles. The van der Waals surface area contributed by atoms with E-state index in [0.29, 0.717) is 13.2 Å². The minimum Gasteiger partial charge on any atom is -0.383 e. The molecule has 124 valence electrons. The summed E-state index contributed by atoms with van der Waals surface area (Å²) in [5, 5.41) is 6.28. The van der Waals surface area contributed by atoms with Gasteiger partial charge in [0.15, 0.2) is 0 Å². The molecule has 0 aromatic rings. The highest BCUT2D eigenvalue weighted by molar-refractivity contribution is 5.78. The molecule has 0 radical (unpaired) electrons. The summed E-state index contributed by atoms with van der Waals surface area (Å²) in [6.07, 6.45) is 5.01. The lowest BCUT2D eigenvalue weighted by Crippen LogP contribution is -2.55. The Labute approximate surface area is 129 Å². The number of carbonyl (C=O) groups is 1. The minimum absolute atomic E-state index is 0.0392. The Balaban J connectivity index is 2.39. The van der Waals surface area contributed by atoms with Crippen LogP contribution < -0.4 is 10.6 Å². The minimum atomic E-state index is 0.0392. The number of nitrogens with zero attached hydrogens (tertiary/aromatic N) is 1. The standard InChI is InChI=1S/C16H33N3O2/c1-13-7-6-8-16(9-13,19(3)4)12-17-10-15(20)18-14(2)11-21-5/h13-14,17H,6-12H2,1-5H3,(H,18,20). The lowest BCUT2D eigenvalue weighted by Gasteiger charge is -2.45. The number of methoxy groups -OCH3 is 1. The van der Waals surface area contributed by atoms with Gasteiger partial charge in [0.1, 0.15) is 0 Å². The maximum atomic E-state index is 11.9. The first-order valence-electron chi connectivity index (χ1n) is 8.06. The normalized spacial score (nSPS) is 27.6. The third-order valence-corrected chi connectivity index (χ3v) is 4.58. The maximum Gasteiger partial charge on any atom is 0.234 e. The van der Waals surface area contributed by atoms with Crippen molar-refractivity contribution in [1.82, 2.24) is 15.5 Å². The number of carbonyl (C=O) groups excluding carboxylic acids is 1. The number of ether oxygens (including phenoxy) is 1. The largest absolute Gasteiger partial charge is 0.383 e. The topological polar surface area (TPSA) is 53.6 Å². The second-order valence-electron chi connectivity index (χ2n) is 6.85. The molecule has 3 atom stereocenters. The van der Waals surface area contributed by atoms with Crippen LogP contribution in [0, 0.1) is 5.92 Å². The molecule has 0 aromatic carbocycles. The van der Waals surface area contributed by atoms with Gasteiger partial charge in [-0.05, 0) is 39.8 Å². The number of likely N-dealkylation sites (N-methyl/N-ethyl adjacent to an activating group) is 1. The van der Waals surface area contributed by atoms with Crippen LogP contribution in [0.25, 0.3) is 0 Å². The van der Waals surface area contributed by atoms with E-state index in [4.69, 9.17) is 4.74 Å². The van der Waals surface area contributed by atoms with E-state index in [0.717, 1.165) is 12.5 Å². The zero-order valence-corrected chi connectivity index (χ0v) is 14.4. The van der Waals surface area contributed by atoms with Crippen LogP contribution in [0.4, 0.5) is 0 Å². The SMILES string of the molecule is COCC(C)NC(=O)CNCC1(N(C)C)CCCC(C)C1. The van der Waals surface area contributed by atoms with Crippen LogP contribution in [0.2, 0.25) is 0 Å². The van der Waals surface area contributed by atoms with Crippen molar-refractivity contribution in [1.29, 1.82) is 0 Å². The van der Waals surface area contributed by atoms with Crippen LogP contribution in [0.3, 0.4) is 0 Å². The van der Waals surface area contributed by atoms with Crippen molar-refractivity contribution in [2.75, 3.05) is 40.9 Å². The summed E-state index contributed by atoms with van der Waals surface area (Å²) < 4.78 is 5.02. The summed E-state index contributed by atoms with van der Waals surface area (Å²) in [5.74, 6) is 0.802. The van der Waals surface area contributed by atoms with Gasteiger partial charge in [-0.2, -0.15) is 0 Å². The lowest BCUT2D eigenvalue weighted by molar-refractivity contribution is -0.121. The second-order valence-corrected chi connectivity index (χ2v) is 6.85. The molecule has 0 heterocycles. The van der Waals surface area contributed by atoms with Crippen molar-refractivity contribution >= 4 is 5.91 Å². The van der Waals surface area contributed by atoms with Crippen molar-refractivity contribution in [3.05, 3.63) is 0 Å². The van der Waals surface area contributed by atoms with Crippen molar-refractivity contribution in [2.24, 2.45) is 5.92 Å². The quantitative estimate of drug-likeness (QED) is 0.708. The van der Waals surface area contributed by atoms with Crippen molar-refractivity contribution in [3.63, 3.8) is 0 Å². The number of rotatable bonds is 8. The highest BCUT2D eigenvalue weighted by atomic mass is 16.5. The van der Waals surface area contributed by atoms with Gasteiger partial charge < -0.3 is 20.3 Å². The van der Waals surface area contributed by atoms with Gasteiger partial charge in [-0.15, -0.1) is 0 Å². The van der Waals surface area contributed by atoms with Crippen molar-refractivity contribution < 1.29 is 9.53 Å². The predicted molar refractivity (Wildman–Crippen MR) is 86.4 cm³/mol. The summed E-state index contributed by atoms with van der Waals surface area (Å²) in [4.78, 5) is 14.2. The fourth-order valence-corrected chi connectivity index (χ4v) is 3.38. The van der Waals surface area contributed by atoms with Crippen LogP contribution in [-0.2, 0) is 9.53 Å². The molecule has 1 aliphatic carbocycles. The Bertz CT molecular complexity index is 323. The Morgan fingerprint density at radius 1 is 1.48 bits per heavy atom. The zero-order chi connectivity index (χ0) is 15.9. The smallest absolute Gasteiger partial charge is 0.234 e. The fourth-order valence-electron chi connectivity index (χ4n) is 3.38. The molecule has 0 aromatic heterocycles. The summed E-state index contributed by atoms with van der Waals surface area (Å²) >= 11 is 0. The Hall–Kier alpha value is -0.650. The molecule has 1 amide bonds. The molecule has 1 saturated carbocycles. The average molecular weight is 299 g/mol. The third-order valence-electron chi connectivity index (χ3n) is 4.58. The van der Waals surface area contributed by atoms with E-state index in [1.807, 2.05) is 6.92 Å². The number of hydrogen-bond donors (Lipinski definition) is 2. The van der Waals surface area contributed by atoms with E-state index in [9.17, 15) is 4.79 Å². The first-order valence-corrected chi connectivity index (χ1v) is 8.06. The molecule has 5 nitrogen and oxygen atoms in total. The van der Waals surface area contributed by atoms with Crippen LogP contribution in [0.1, 0.15) is 39.5 Å². The van der Waals surface area contributed by atoms with E-state index >= 15 is 0 Å². The lowest BCUT2D eigenvalue weighted by atomic mass is 9.75. The average Bonchev–Trinajstić information content (AvgIpc) is 2.38. The van der Waals surface area contributed by atoms with Crippen LogP contribution in [0.15, 0.2) is 0 Å². The zero-order valence-electron chi connectivity index (χ0n) is 14.4. The Morgan fingerprint density at radius 2 is 2.19 bits per heavy atom. The molecular weight excluding hydrogens is 266 g/mol. The van der Waals surface area contributed by atoms with E-state index < -0.39 is 0 Å². The summed E-state index contributed by atoms with van der Waals surface area (Å²) in [6.45, 7) is 6.07. The second kappa shape index (κ2) is 8.71. The van der Waals surface area contributed by atoms with Gasteiger partial charge in [0.05, 0.1) is 13.2 Å². The Morgan fingerprint density at radius 3 is 2.76 bits per heavy atom. The van der Waals surface area contributed by atoms with E-state index in [1.165, 1.54) is 25.7 Å². The van der Waals surface area contributed by atoms with Gasteiger partial charge in [-0.25, -0.2) is 0 Å². The number of nitrogens with one attached hydrogen (secondary N) is 2. The molecule has 21 heavy (non-hydrogen) atoms. The van der Waals surface area contributed by atoms with Gasteiger partial charge in [-0.3, -0.25) is 4.79 Å². The fraction of sp³-hybridized carbons (Fsp3) is 0.938. The van der Waals surface area contributed by atoms with E-state index in [2.05, 4.69) is 36.6 Å². The van der Waals surface area contributed by atoms with Crippen LogP contribution in [-0.4, -0.2) is 63.3 Å². The van der Waals surface area contributed by atoms with E-state index in [1.54, 1.807) is 7.11 Å². The molecule has 5 heteroatoms. The monoisotopic (exact) mass is 299 g/mol. The molecule has 1 rings (SSSR count). The maximum absolute atomic E-state index is 11.9. The molecule has 3 unspecified atom stereocenters. The molecule has 1 fully saturated rings. The third kappa shape index (κ3) is 5.93. The number of hydrogen-bond acceptors (Lipinski definition) is 4. The molecular formula is C16H33N3O2. The highest BCUT2D eigenvalue weighted by Crippen LogP contribution is 2.35.